The lowest BCUT2D eigenvalue weighted by molar-refractivity contribution is 0.0787. The number of benzene rings is 1. The number of likely N-dealkylation sites (tertiary alicyclic amines) is 1. The molecular formula is C14H20N2O2. The van der Waals surface area contributed by atoms with Gasteiger partial charge in [-0.05, 0) is 17.9 Å². The van der Waals surface area contributed by atoms with Crippen molar-refractivity contribution in [2.45, 2.75) is 26.0 Å². The standard InChI is InChI=1S/C14H20N2O2/c1-11-7-8-16(9-13(11)15)14(17)18-10-12-5-3-2-4-6-12/h2-6,11,13H,7-10,15H2,1H3/t11-,13-/m0/s1. The van der Waals surface area contributed by atoms with Crippen LogP contribution in [0.3, 0.4) is 0 Å². The van der Waals surface area contributed by atoms with E-state index in [1.54, 1.807) is 4.90 Å². The van der Waals surface area contributed by atoms with Crippen molar-refractivity contribution in [3.63, 3.8) is 0 Å². The zero-order valence-corrected chi connectivity index (χ0v) is 10.7. The van der Waals surface area contributed by atoms with Crippen molar-refractivity contribution in [3.05, 3.63) is 35.9 Å². The third kappa shape index (κ3) is 3.23. The molecule has 0 radical (unpaired) electrons. The van der Waals surface area contributed by atoms with Crippen molar-refractivity contribution < 1.29 is 9.53 Å². The van der Waals surface area contributed by atoms with Crippen LogP contribution in [0.2, 0.25) is 0 Å². The minimum atomic E-state index is -0.263. The van der Waals surface area contributed by atoms with Crippen LogP contribution in [-0.4, -0.2) is 30.1 Å². The first kappa shape index (κ1) is 12.9. The topological polar surface area (TPSA) is 55.6 Å². The molecule has 0 unspecified atom stereocenters. The summed E-state index contributed by atoms with van der Waals surface area (Å²) in [6.07, 6.45) is 0.683. The van der Waals surface area contributed by atoms with E-state index in [-0.39, 0.29) is 12.1 Å². The molecule has 0 spiro atoms. The molecule has 0 saturated carbocycles. The number of carbonyl (C=O) groups is 1. The summed E-state index contributed by atoms with van der Waals surface area (Å²) in [7, 11) is 0. The average molecular weight is 248 g/mol. The summed E-state index contributed by atoms with van der Waals surface area (Å²) in [4.78, 5) is 13.6. The van der Waals surface area contributed by atoms with Crippen LogP contribution in [0.5, 0.6) is 0 Å². The van der Waals surface area contributed by atoms with E-state index in [9.17, 15) is 4.79 Å². The van der Waals surface area contributed by atoms with E-state index in [0.29, 0.717) is 19.1 Å². The largest absolute Gasteiger partial charge is 0.445 e. The summed E-state index contributed by atoms with van der Waals surface area (Å²) in [5, 5.41) is 0. The smallest absolute Gasteiger partial charge is 0.410 e. The van der Waals surface area contributed by atoms with Crippen molar-refractivity contribution in [2.24, 2.45) is 11.7 Å². The molecule has 1 saturated heterocycles. The minimum Gasteiger partial charge on any atom is -0.445 e. The molecular weight excluding hydrogens is 228 g/mol. The van der Waals surface area contributed by atoms with E-state index in [1.165, 1.54) is 0 Å². The van der Waals surface area contributed by atoms with Gasteiger partial charge in [-0.1, -0.05) is 37.3 Å². The number of rotatable bonds is 2. The molecule has 0 aromatic heterocycles. The molecule has 2 N–H and O–H groups in total. The average Bonchev–Trinajstić information content (AvgIpc) is 2.40. The Morgan fingerprint density at radius 3 is 2.83 bits per heavy atom. The molecule has 1 aromatic carbocycles. The highest BCUT2D eigenvalue weighted by atomic mass is 16.6. The van der Waals surface area contributed by atoms with Crippen LogP contribution in [0.1, 0.15) is 18.9 Å². The molecule has 1 aliphatic rings. The van der Waals surface area contributed by atoms with Gasteiger partial charge in [0.1, 0.15) is 6.61 Å². The SMILES string of the molecule is C[C@H]1CCN(C(=O)OCc2ccccc2)C[C@@H]1N. The Bertz CT molecular complexity index is 394. The zero-order valence-electron chi connectivity index (χ0n) is 10.7. The Morgan fingerprint density at radius 1 is 1.44 bits per heavy atom. The Hall–Kier alpha value is -1.55. The molecule has 1 heterocycles. The van der Waals surface area contributed by atoms with Gasteiger partial charge in [-0.2, -0.15) is 0 Å². The minimum absolute atomic E-state index is 0.0584. The molecule has 1 aliphatic heterocycles. The van der Waals surface area contributed by atoms with Gasteiger partial charge in [0, 0.05) is 19.1 Å². The lowest BCUT2D eigenvalue weighted by Gasteiger charge is -2.34. The second-order valence-corrected chi connectivity index (χ2v) is 4.92. The van der Waals surface area contributed by atoms with Crippen molar-refractivity contribution >= 4 is 6.09 Å². The van der Waals surface area contributed by atoms with Crippen molar-refractivity contribution in [3.8, 4) is 0 Å². The number of amides is 1. The molecule has 18 heavy (non-hydrogen) atoms. The van der Waals surface area contributed by atoms with Crippen LogP contribution in [0.25, 0.3) is 0 Å². The highest BCUT2D eigenvalue weighted by Crippen LogP contribution is 2.16. The van der Waals surface area contributed by atoms with Crippen LogP contribution < -0.4 is 5.73 Å². The second-order valence-electron chi connectivity index (χ2n) is 4.92. The van der Waals surface area contributed by atoms with E-state index in [2.05, 4.69) is 6.92 Å². The van der Waals surface area contributed by atoms with Gasteiger partial charge in [-0.3, -0.25) is 0 Å². The number of carbonyl (C=O) groups excluding carboxylic acids is 1. The third-order valence-corrected chi connectivity index (χ3v) is 3.48. The molecule has 0 bridgehead atoms. The summed E-state index contributed by atoms with van der Waals surface area (Å²) >= 11 is 0. The number of hydrogen-bond donors (Lipinski definition) is 1. The van der Waals surface area contributed by atoms with Crippen molar-refractivity contribution in [1.29, 1.82) is 0 Å². The number of hydrogen-bond acceptors (Lipinski definition) is 3. The number of nitrogens with zero attached hydrogens (tertiary/aromatic N) is 1. The highest BCUT2D eigenvalue weighted by molar-refractivity contribution is 5.67. The van der Waals surface area contributed by atoms with Crippen LogP contribution >= 0.6 is 0 Å². The van der Waals surface area contributed by atoms with E-state index >= 15 is 0 Å². The summed E-state index contributed by atoms with van der Waals surface area (Å²) in [6, 6.07) is 9.75. The number of piperidine rings is 1. The van der Waals surface area contributed by atoms with E-state index in [0.717, 1.165) is 18.5 Å². The lowest BCUT2D eigenvalue weighted by Crippen LogP contribution is -2.49. The predicted molar refractivity (Wildman–Crippen MR) is 70.0 cm³/mol. The fourth-order valence-electron chi connectivity index (χ4n) is 2.08. The quantitative estimate of drug-likeness (QED) is 0.870. The Morgan fingerprint density at radius 2 is 2.17 bits per heavy atom. The predicted octanol–water partition coefficient (Wildman–Crippen LogP) is 1.99. The highest BCUT2D eigenvalue weighted by Gasteiger charge is 2.27. The van der Waals surface area contributed by atoms with Crippen LogP contribution in [0.4, 0.5) is 4.79 Å². The molecule has 98 valence electrons. The van der Waals surface area contributed by atoms with Gasteiger partial charge in [0.2, 0.25) is 0 Å². The fourth-order valence-corrected chi connectivity index (χ4v) is 2.08. The number of ether oxygens (including phenoxy) is 1. The summed E-state index contributed by atoms with van der Waals surface area (Å²) in [5.41, 5.74) is 6.96. The summed E-state index contributed by atoms with van der Waals surface area (Å²) < 4.78 is 5.28. The molecule has 2 rings (SSSR count). The first-order valence-electron chi connectivity index (χ1n) is 6.38. The van der Waals surface area contributed by atoms with E-state index in [4.69, 9.17) is 10.5 Å². The second kappa shape index (κ2) is 5.87. The molecule has 1 fully saturated rings. The van der Waals surface area contributed by atoms with Crippen LogP contribution in [-0.2, 0) is 11.3 Å². The first-order chi connectivity index (χ1) is 8.66. The Labute approximate surface area is 108 Å². The molecule has 4 heteroatoms. The third-order valence-electron chi connectivity index (χ3n) is 3.48. The maximum Gasteiger partial charge on any atom is 0.410 e. The monoisotopic (exact) mass is 248 g/mol. The van der Waals surface area contributed by atoms with Crippen molar-refractivity contribution in [1.82, 2.24) is 4.90 Å². The van der Waals surface area contributed by atoms with Crippen LogP contribution in [0.15, 0.2) is 30.3 Å². The molecule has 1 amide bonds. The van der Waals surface area contributed by atoms with Gasteiger partial charge >= 0.3 is 6.09 Å². The van der Waals surface area contributed by atoms with Gasteiger partial charge < -0.3 is 15.4 Å². The Kier molecular flexibility index (Phi) is 4.20. The zero-order chi connectivity index (χ0) is 13.0. The summed E-state index contributed by atoms with van der Waals surface area (Å²) in [6.45, 7) is 3.77. The van der Waals surface area contributed by atoms with Gasteiger partial charge in [0.05, 0.1) is 0 Å². The van der Waals surface area contributed by atoms with Gasteiger partial charge in [0.25, 0.3) is 0 Å². The molecule has 1 aromatic rings. The van der Waals surface area contributed by atoms with Gasteiger partial charge in [0.15, 0.2) is 0 Å². The first-order valence-corrected chi connectivity index (χ1v) is 6.38. The molecule has 4 nitrogen and oxygen atoms in total. The Balaban J connectivity index is 1.82. The van der Waals surface area contributed by atoms with Crippen molar-refractivity contribution in [2.75, 3.05) is 13.1 Å². The maximum absolute atomic E-state index is 11.9. The summed E-state index contributed by atoms with van der Waals surface area (Å²) in [5.74, 6) is 0.475. The van der Waals surface area contributed by atoms with Gasteiger partial charge in [-0.15, -0.1) is 0 Å². The molecule has 2 atom stereocenters. The van der Waals surface area contributed by atoms with E-state index in [1.807, 2.05) is 30.3 Å². The fraction of sp³-hybridized carbons (Fsp3) is 0.500. The lowest BCUT2D eigenvalue weighted by atomic mass is 9.95. The van der Waals surface area contributed by atoms with Gasteiger partial charge in [-0.25, -0.2) is 4.79 Å². The molecule has 0 aliphatic carbocycles. The van der Waals surface area contributed by atoms with Crippen LogP contribution in [0, 0.1) is 5.92 Å². The van der Waals surface area contributed by atoms with E-state index < -0.39 is 0 Å². The number of nitrogens with two attached hydrogens (primary N) is 1. The maximum atomic E-state index is 11.9. The normalized spacial score (nSPS) is 23.8.